The minimum absolute atomic E-state index is 0.546. The van der Waals surface area contributed by atoms with Gasteiger partial charge in [0.2, 0.25) is 0 Å². The molecule has 0 heterocycles. The van der Waals surface area contributed by atoms with Crippen LogP contribution in [0.4, 0.5) is 0 Å². The van der Waals surface area contributed by atoms with Crippen molar-refractivity contribution in [1.82, 2.24) is 0 Å². The molecule has 3 heteroatoms. The molecule has 0 aliphatic heterocycles. The van der Waals surface area contributed by atoms with E-state index in [0.29, 0.717) is 6.42 Å². The van der Waals surface area contributed by atoms with Gasteiger partial charge in [-0.3, -0.25) is 4.79 Å². The Morgan fingerprint density at radius 2 is 1.42 bits per heavy atom. The fraction of sp³-hybridized carbons (Fsp3) is 0.348. The van der Waals surface area contributed by atoms with Crippen LogP contribution in [-0.4, -0.2) is 14.6 Å². The van der Waals surface area contributed by atoms with Crippen molar-refractivity contribution >= 4 is 20.7 Å². The molecule has 0 spiro atoms. The molecule has 1 unspecified atom stereocenters. The molecule has 0 aliphatic carbocycles. The van der Waals surface area contributed by atoms with Crippen LogP contribution in [0.25, 0.3) is 6.08 Å². The van der Waals surface area contributed by atoms with Crippen LogP contribution in [0, 0.1) is 0 Å². The third kappa shape index (κ3) is 4.80. The molecule has 0 saturated heterocycles. The average Bonchev–Trinajstić information content (AvgIpc) is 2.72. The molecule has 2 rings (SSSR count). The van der Waals surface area contributed by atoms with E-state index in [-0.39, 0.29) is 0 Å². The van der Waals surface area contributed by atoms with Gasteiger partial charge in [-0.05, 0) is 29.3 Å². The molecule has 2 nitrogen and oxygen atoms in total. The van der Waals surface area contributed by atoms with Gasteiger partial charge in [0.15, 0.2) is 14.6 Å². The van der Waals surface area contributed by atoms with Crippen molar-refractivity contribution in [3.63, 3.8) is 0 Å². The van der Waals surface area contributed by atoms with Gasteiger partial charge in [-0.25, -0.2) is 0 Å². The van der Waals surface area contributed by atoms with Gasteiger partial charge in [0.1, 0.15) is 5.60 Å². The molecule has 0 aromatic heterocycles. The second-order valence-electron chi connectivity index (χ2n) is 6.74. The molecule has 0 bridgehead atoms. The molecular formula is C23H30O2Si. The summed E-state index contributed by atoms with van der Waals surface area (Å²) in [5.41, 5.74) is 1.17. The molecule has 0 radical (unpaired) electrons. The van der Waals surface area contributed by atoms with E-state index in [0.717, 1.165) is 35.5 Å². The molecule has 26 heavy (non-hydrogen) atoms. The van der Waals surface area contributed by atoms with Crippen LogP contribution >= 0.6 is 0 Å². The van der Waals surface area contributed by atoms with Gasteiger partial charge < -0.3 is 4.43 Å². The Morgan fingerprint density at radius 1 is 0.885 bits per heavy atom. The van der Waals surface area contributed by atoms with Crippen LogP contribution in [0.1, 0.15) is 38.3 Å². The number of carbonyl (C=O) groups is 1. The lowest BCUT2D eigenvalue weighted by Gasteiger charge is -2.39. The van der Waals surface area contributed by atoms with E-state index in [4.69, 9.17) is 4.43 Å². The van der Waals surface area contributed by atoms with E-state index in [1.54, 1.807) is 0 Å². The Hall–Kier alpha value is -1.97. The zero-order valence-corrected chi connectivity index (χ0v) is 17.2. The molecule has 0 N–H and O–H groups in total. The van der Waals surface area contributed by atoms with Crippen molar-refractivity contribution in [2.24, 2.45) is 0 Å². The number of rotatable bonds is 10. The van der Waals surface area contributed by atoms with E-state index in [9.17, 15) is 4.79 Å². The summed E-state index contributed by atoms with van der Waals surface area (Å²) >= 11 is 0. The van der Waals surface area contributed by atoms with Crippen LogP contribution < -0.4 is 0 Å². The van der Waals surface area contributed by atoms with Crippen molar-refractivity contribution in [1.29, 1.82) is 0 Å². The summed E-state index contributed by atoms with van der Waals surface area (Å²) < 4.78 is 6.77. The van der Waals surface area contributed by atoms with Gasteiger partial charge in [0.25, 0.3) is 0 Å². The lowest BCUT2D eigenvalue weighted by atomic mass is 9.91. The summed E-state index contributed by atoms with van der Waals surface area (Å²) in [6, 6.07) is 23.2. The van der Waals surface area contributed by atoms with Crippen molar-refractivity contribution in [3.05, 3.63) is 77.9 Å². The number of benzene rings is 2. The first-order chi connectivity index (χ1) is 12.6. The zero-order chi connectivity index (χ0) is 18.9. The van der Waals surface area contributed by atoms with Crippen LogP contribution in [-0.2, 0) is 14.8 Å². The molecule has 0 fully saturated rings. The summed E-state index contributed by atoms with van der Waals surface area (Å²) in [7, 11) is -1.95. The highest BCUT2D eigenvalue weighted by atomic mass is 28.4. The van der Waals surface area contributed by atoms with E-state index in [2.05, 4.69) is 45.1 Å². The van der Waals surface area contributed by atoms with Gasteiger partial charge >= 0.3 is 0 Å². The SMILES string of the molecule is CC[Si](CC)(CC)OC(C=O)(C/C=C/c1ccccc1)c1ccccc1. The second-order valence-corrected chi connectivity index (χ2v) is 11.4. The summed E-state index contributed by atoms with van der Waals surface area (Å²) in [6.07, 6.45) is 5.69. The standard InChI is InChI=1S/C23H30O2Si/c1-4-26(5-2,6-3)25-23(20-24,22-17-11-8-12-18-22)19-13-16-21-14-9-7-10-15-21/h7-18,20H,4-6,19H2,1-3H3/b16-13+. The Kier molecular flexibility index (Phi) is 7.55. The molecule has 0 aliphatic rings. The van der Waals surface area contributed by atoms with Crippen LogP contribution in [0.15, 0.2) is 66.7 Å². The smallest absolute Gasteiger partial charge is 0.193 e. The van der Waals surface area contributed by atoms with Crippen LogP contribution in [0.2, 0.25) is 18.1 Å². The Morgan fingerprint density at radius 3 is 1.92 bits per heavy atom. The number of carbonyl (C=O) groups excluding carboxylic acids is 1. The molecule has 0 amide bonds. The van der Waals surface area contributed by atoms with Crippen molar-refractivity contribution in [2.45, 2.75) is 50.9 Å². The first-order valence-electron chi connectivity index (χ1n) is 9.57. The predicted octanol–water partition coefficient (Wildman–Crippen LogP) is 6.21. The average molecular weight is 367 g/mol. The summed E-state index contributed by atoms with van der Waals surface area (Å²) in [5.74, 6) is 0. The van der Waals surface area contributed by atoms with Crippen molar-refractivity contribution < 1.29 is 9.22 Å². The quantitative estimate of drug-likeness (QED) is 0.369. The lowest BCUT2D eigenvalue weighted by Crippen LogP contribution is -2.46. The molecule has 0 saturated carbocycles. The maximum absolute atomic E-state index is 12.4. The van der Waals surface area contributed by atoms with E-state index in [1.165, 1.54) is 0 Å². The highest BCUT2D eigenvalue weighted by molar-refractivity contribution is 6.73. The second kappa shape index (κ2) is 9.65. The molecule has 2 aromatic carbocycles. The topological polar surface area (TPSA) is 26.3 Å². The maximum Gasteiger partial charge on any atom is 0.193 e. The highest BCUT2D eigenvalue weighted by Crippen LogP contribution is 2.36. The molecule has 138 valence electrons. The van der Waals surface area contributed by atoms with Gasteiger partial charge in [0.05, 0.1) is 0 Å². The first-order valence-corrected chi connectivity index (χ1v) is 12.1. The minimum Gasteiger partial charge on any atom is -0.401 e. The van der Waals surface area contributed by atoms with Gasteiger partial charge in [-0.15, -0.1) is 0 Å². The number of aldehydes is 1. The largest absolute Gasteiger partial charge is 0.401 e. The molecule has 2 aromatic rings. The fourth-order valence-corrected chi connectivity index (χ4v) is 6.32. The number of hydrogen-bond donors (Lipinski definition) is 0. The Bertz CT molecular complexity index is 684. The minimum atomic E-state index is -1.95. The predicted molar refractivity (Wildman–Crippen MR) is 113 cm³/mol. The summed E-state index contributed by atoms with van der Waals surface area (Å²) in [4.78, 5) is 12.4. The lowest BCUT2D eigenvalue weighted by molar-refractivity contribution is -0.123. The third-order valence-electron chi connectivity index (χ3n) is 5.32. The van der Waals surface area contributed by atoms with E-state index in [1.807, 2.05) is 48.5 Å². The highest BCUT2D eigenvalue weighted by Gasteiger charge is 2.41. The normalized spacial score (nSPS) is 14.3. The Labute approximate surface area is 159 Å². The summed E-state index contributed by atoms with van der Waals surface area (Å²) in [5, 5.41) is 0. The zero-order valence-electron chi connectivity index (χ0n) is 16.2. The van der Waals surface area contributed by atoms with Gasteiger partial charge in [0, 0.05) is 6.42 Å². The van der Waals surface area contributed by atoms with Gasteiger partial charge in [-0.1, -0.05) is 93.6 Å². The third-order valence-corrected chi connectivity index (χ3v) is 9.98. The monoisotopic (exact) mass is 366 g/mol. The fourth-order valence-electron chi connectivity index (χ4n) is 3.37. The first kappa shape index (κ1) is 20.3. The van der Waals surface area contributed by atoms with E-state index >= 15 is 0 Å². The van der Waals surface area contributed by atoms with E-state index < -0.39 is 13.9 Å². The molecule has 1 atom stereocenters. The van der Waals surface area contributed by atoms with Gasteiger partial charge in [-0.2, -0.15) is 0 Å². The van der Waals surface area contributed by atoms with Crippen LogP contribution in [0.3, 0.4) is 0 Å². The maximum atomic E-state index is 12.4. The van der Waals surface area contributed by atoms with Crippen LogP contribution in [0.5, 0.6) is 0 Å². The molecular weight excluding hydrogens is 336 g/mol. The van der Waals surface area contributed by atoms with Crippen molar-refractivity contribution in [3.8, 4) is 0 Å². The Balaban J connectivity index is 2.37. The summed E-state index contributed by atoms with van der Waals surface area (Å²) in [6.45, 7) is 6.58. The number of hydrogen-bond acceptors (Lipinski definition) is 2. The van der Waals surface area contributed by atoms with Crippen molar-refractivity contribution in [2.75, 3.05) is 0 Å².